The van der Waals surface area contributed by atoms with Crippen LogP contribution in [0.1, 0.15) is 62.8 Å². The quantitative estimate of drug-likeness (QED) is 0.166. The summed E-state index contributed by atoms with van der Waals surface area (Å²) in [6.07, 6.45) is 10.6. The highest BCUT2D eigenvalue weighted by molar-refractivity contribution is 6.08. The summed E-state index contributed by atoms with van der Waals surface area (Å²) in [5.74, 6) is 0.298. The first-order valence-electron chi connectivity index (χ1n) is 16.2. The highest BCUT2D eigenvalue weighted by Crippen LogP contribution is 2.42. The van der Waals surface area contributed by atoms with E-state index in [9.17, 15) is 5.11 Å². The molecule has 0 atom stereocenters. The number of rotatable bonds is 10. The third-order valence-corrected chi connectivity index (χ3v) is 9.69. The van der Waals surface area contributed by atoms with Crippen LogP contribution in [0.3, 0.4) is 0 Å². The second kappa shape index (κ2) is 12.2. The summed E-state index contributed by atoms with van der Waals surface area (Å²) in [6.45, 7) is 12.2. The first kappa shape index (κ1) is 30.7. The van der Waals surface area contributed by atoms with Gasteiger partial charge in [-0.05, 0) is 70.0 Å². The molecule has 5 N–H and O–H groups in total. The minimum Gasteiger partial charge on any atom is -0.507 e. The largest absolute Gasteiger partial charge is 0.507 e. The molecule has 0 aromatic heterocycles. The fourth-order valence-electron chi connectivity index (χ4n) is 7.28. The van der Waals surface area contributed by atoms with E-state index in [0.717, 1.165) is 47.8 Å². The number of para-hydroxylation sites is 2. The van der Waals surface area contributed by atoms with E-state index in [0.29, 0.717) is 18.8 Å². The van der Waals surface area contributed by atoms with Gasteiger partial charge in [0.15, 0.2) is 24.5 Å². The first-order valence-corrected chi connectivity index (χ1v) is 16.2. The second-order valence-electron chi connectivity index (χ2n) is 13.3. The predicted octanol–water partition coefficient (Wildman–Crippen LogP) is 7.42. The van der Waals surface area contributed by atoms with Crippen LogP contribution in [0.25, 0.3) is 22.9 Å². The molecule has 0 spiro atoms. The van der Waals surface area contributed by atoms with E-state index in [1.165, 1.54) is 33.9 Å². The van der Waals surface area contributed by atoms with E-state index < -0.39 is 0 Å². The maximum Gasteiger partial charge on any atom is 0.209 e. The molecule has 5 heteroatoms. The molecule has 0 saturated carbocycles. The maximum atomic E-state index is 11.5. The molecule has 0 radical (unpaired) electrons. The van der Waals surface area contributed by atoms with Crippen molar-refractivity contribution < 1.29 is 14.3 Å². The van der Waals surface area contributed by atoms with Gasteiger partial charge in [-0.25, -0.2) is 0 Å². The predicted molar refractivity (Wildman–Crippen MR) is 190 cm³/mol. The number of hydrogen-bond acceptors (Lipinski definition) is 3. The Morgan fingerprint density at radius 3 is 1.56 bits per heavy atom. The molecule has 0 amide bonds. The molecule has 0 unspecified atom stereocenters. The van der Waals surface area contributed by atoms with Crippen LogP contribution in [0.2, 0.25) is 0 Å². The van der Waals surface area contributed by atoms with Crippen molar-refractivity contribution in [3.05, 3.63) is 113 Å². The van der Waals surface area contributed by atoms with Crippen LogP contribution in [0.4, 0.5) is 11.4 Å². The molecule has 0 aliphatic carbocycles. The van der Waals surface area contributed by atoms with Crippen LogP contribution >= 0.6 is 0 Å². The van der Waals surface area contributed by atoms with Gasteiger partial charge < -0.3 is 16.6 Å². The Kier molecular flexibility index (Phi) is 8.34. The van der Waals surface area contributed by atoms with Crippen LogP contribution in [-0.4, -0.2) is 51.9 Å². The monoisotopic (exact) mass is 598 g/mol. The minimum absolute atomic E-state index is 0.149. The van der Waals surface area contributed by atoms with Crippen molar-refractivity contribution in [3.8, 4) is 5.75 Å². The van der Waals surface area contributed by atoms with Gasteiger partial charge in [0.2, 0.25) is 11.4 Å². The van der Waals surface area contributed by atoms with Crippen molar-refractivity contribution in [2.75, 3.05) is 26.2 Å². The summed E-state index contributed by atoms with van der Waals surface area (Å²) < 4.78 is 4.82. The van der Waals surface area contributed by atoms with Gasteiger partial charge in [0.05, 0.1) is 10.8 Å². The average molecular weight is 599 g/mol. The standard InChI is InChI=1S/C40H45N4O/c1-39(2)32-15-7-9-17-34(32)43(25-11-23-41)36(39)21-19-28-27-29(38(45)31-14-6-5-13-30(28)31)20-22-37-40(3,4)33-16-8-10-18-35(33)44(37)26-12-24-42/h5-10,13-22,27H,11-12,23-26,41-42H2,1-4H3/q+1/p+1. The lowest BCUT2D eigenvalue weighted by Crippen LogP contribution is -2.28. The zero-order valence-corrected chi connectivity index (χ0v) is 27.1. The summed E-state index contributed by atoms with van der Waals surface area (Å²) in [4.78, 5) is 0. The van der Waals surface area contributed by atoms with Gasteiger partial charge in [0.1, 0.15) is 5.75 Å². The van der Waals surface area contributed by atoms with Crippen LogP contribution in [0.15, 0.2) is 91.0 Å². The highest BCUT2D eigenvalue weighted by Gasteiger charge is 2.45. The Hall–Kier alpha value is -4.32. The van der Waals surface area contributed by atoms with Gasteiger partial charge in [-0.1, -0.05) is 60.7 Å². The zero-order chi connectivity index (χ0) is 31.8. The Morgan fingerprint density at radius 1 is 0.600 bits per heavy atom. The molecule has 4 aromatic rings. The number of fused-ring (bicyclic) bond motifs is 3. The lowest BCUT2D eigenvalue weighted by Gasteiger charge is -2.16. The second-order valence-corrected chi connectivity index (χ2v) is 13.3. The van der Waals surface area contributed by atoms with Crippen molar-refractivity contribution in [1.82, 2.24) is 0 Å². The molecular formula is C40H46N4O+2. The zero-order valence-electron chi connectivity index (χ0n) is 27.1. The topological polar surface area (TPSA) is 78.3 Å². The van der Waals surface area contributed by atoms with Crippen LogP contribution in [0.5, 0.6) is 5.75 Å². The van der Waals surface area contributed by atoms with E-state index in [2.05, 4.69) is 122 Å². The molecule has 0 fully saturated rings. The van der Waals surface area contributed by atoms with Gasteiger partial charge in [0, 0.05) is 59.2 Å². The Morgan fingerprint density at radius 2 is 1.04 bits per heavy atom. The van der Waals surface area contributed by atoms with E-state index in [1.807, 2.05) is 18.2 Å². The normalized spacial score (nSPS) is 16.8. The number of benzene rings is 4. The molecular weight excluding hydrogens is 552 g/mol. The minimum atomic E-state index is -0.177. The smallest absolute Gasteiger partial charge is 0.209 e. The molecule has 45 heavy (non-hydrogen) atoms. The highest BCUT2D eigenvalue weighted by atomic mass is 16.3. The number of hydrogen-bond donors (Lipinski definition) is 3. The Balaban J connectivity index is 1.45. The fraction of sp³-hybridized carbons (Fsp3) is 0.300. The summed E-state index contributed by atoms with van der Waals surface area (Å²) in [5, 5.41) is 13.4. The SMILES string of the molecule is CC1(C)C(/C=C/c2cc(/C=C/C3=[N+](CCCN)c4ccccc4C3(C)C)c3ccccc3c2O)=[N+](CCCN)c2ccccc21. The van der Waals surface area contributed by atoms with Gasteiger partial charge in [0.25, 0.3) is 0 Å². The van der Waals surface area contributed by atoms with E-state index in [1.54, 1.807) is 0 Å². The summed E-state index contributed by atoms with van der Waals surface area (Å²) in [5.41, 5.74) is 21.0. The van der Waals surface area contributed by atoms with Gasteiger partial charge in [-0.2, -0.15) is 9.15 Å². The Bertz CT molecular complexity index is 1890. The number of phenols is 1. The molecule has 5 nitrogen and oxygen atoms in total. The molecule has 0 saturated heterocycles. The van der Waals surface area contributed by atoms with Crippen LogP contribution in [0, 0.1) is 0 Å². The summed E-state index contributed by atoms with van der Waals surface area (Å²) >= 11 is 0. The van der Waals surface area contributed by atoms with E-state index in [4.69, 9.17) is 11.5 Å². The van der Waals surface area contributed by atoms with Crippen LogP contribution < -0.4 is 11.5 Å². The summed E-state index contributed by atoms with van der Waals surface area (Å²) in [7, 11) is 0. The number of allylic oxidation sites excluding steroid dienone is 2. The molecule has 2 aliphatic heterocycles. The first-order chi connectivity index (χ1) is 21.7. The molecule has 2 heterocycles. The molecule has 6 rings (SSSR count). The van der Waals surface area contributed by atoms with Gasteiger partial charge >= 0.3 is 0 Å². The molecule has 4 aromatic carbocycles. The number of phenolic OH excluding ortho intramolecular Hbond substituents is 1. The lowest BCUT2D eigenvalue weighted by atomic mass is 9.81. The average Bonchev–Trinajstić information content (AvgIpc) is 3.40. The van der Waals surface area contributed by atoms with Gasteiger partial charge in [-0.15, -0.1) is 0 Å². The molecule has 2 aliphatic rings. The maximum absolute atomic E-state index is 11.5. The van der Waals surface area contributed by atoms with Crippen molar-refractivity contribution in [2.45, 2.75) is 51.4 Å². The summed E-state index contributed by atoms with van der Waals surface area (Å²) in [6, 6.07) is 27.6. The Labute approximate surface area is 267 Å². The van der Waals surface area contributed by atoms with Crippen molar-refractivity contribution in [1.29, 1.82) is 0 Å². The van der Waals surface area contributed by atoms with Crippen LogP contribution in [-0.2, 0) is 10.8 Å². The third kappa shape index (κ3) is 5.34. The van der Waals surface area contributed by atoms with E-state index in [-0.39, 0.29) is 10.8 Å². The fourth-order valence-corrected chi connectivity index (χ4v) is 7.28. The number of aromatic hydroxyl groups is 1. The lowest BCUT2D eigenvalue weighted by molar-refractivity contribution is -0.438. The van der Waals surface area contributed by atoms with Gasteiger partial charge in [-0.3, -0.25) is 0 Å². The number of nitrogens with zero attached hydrogens (tertiary/aromatic N) is 2. The molecule has 230 valence electrons. The van der Waals surface area contributed by atoms with Crippen molar-refractivity contribution in [3.63, 3.8) is 0 Å². The molecule has 0 bridgehead atoms. The van der Waals surface area contributed by atoms with Crippen molar-refractivity contribution in [2.24, 2.45) is 11.5 Å². The third-order valence-electron chi connectivity index (χ3n) is 9.69. The number of nitrogens with two attached hydrogens (primary N) is 2. The van der Waals surface area contributed by atoms with E-state index >= 15 is 0 Å². The van der Waals surface area contributed by atoms with Crippen molar-refractivity contribution >= 4 is 45.7 Å².